The third-order valence-electron chi connectivity index (χ3n) is 3.21. The maximum Gasteiger partial charge on any atom is 0.246 e. The summed E-state index contributed by atoms with van der Waals surface area (Å²) in [6.07, 6.45) is 0. The van der Waals surface area contributed by atoms with Crippen LogP contribution in [0.15, 0.2) is 54.6 Å². The smallest absolute Gasteiger partial charge is 0.246 e. The molecule has 0 saturated heterocycles. The molecule has 0 saturated carbocycles. The summed E-state index contributed by atoms with van der Waals surface area (Å²) in [5, 5.41) is 3.10. The monoisotopic (exact) mass is 283 g/mol. The number of nitrogen functional groups attached to an aromatic ring is 1. The maximum atomic E-state index is 12.5. The van der Waals surface area contributed by atoms with Crippen molar-refractivity contribution in [3.8, 4) is 0 Å². The minimum absolute atomic E-state index is 0.0134. The number of carbonyl (C=O) groups is 1. The Kier molecular flexibility index (Phi) is 4.82. The van der Waals surface area contributed by atoms with Crippen LogP contribution in [0.1, 0.15) is 13.8 Å². The van der Waals surface area contributed by atoms with Gasteiger partial charge in [0.1, 0.15) is 0 Å². The van der Waals surface area contributed by atoms with E-state index in [4.69, 9.17) is 5.73 Å². The van der Waals surface area contributed by atoms with Gasteiger partial charge in [0.05, 0.1) is 17.9 Å². The fourth-order valence-electron chi connectivity index (χ4n) is 2.23. The molecule has 0 aliphatic heterocycles. The van der Waals surface area contributed by atoms with Crippen LogP contribution in [0.2, 0.25) is 0 Å². The van der Waals surface area contributed by atoms with Crippen LogP contribution in [0.5, 0.6) is 0 Å². The van der Waals surface area contributed by atoms with Crippen LogP contribution in [0, 0.1) is 0 Å². The number of hydrogen-bond acceptors (Lipinski definition) is 3. The van der Waals surface area contributed by atoms with Crippen molar-refractivity contribution in [2.75, 3.05) is 22.5 Å². The molecule has 0 fully saturated rings. The molecule has 2 rings (SSSR count). The van der Waals surface area contributed by atoms with Crippen LogP contribution in [0.4, 0.5) is 17.1 Å². The van der Waals surface area contributed by atoms with E-state index in [1.807, 2.05) is 68.4 Å². The van der Waals surface area contributed by atoms with Crippen molar-refractivity contribution in [3.05, 3.63) is 54.6 Å². The molecule has 21 heavy (non-hydrogen) atoms. The van der Waals surface area contributed by atoms with Crippen molar-refractivity contribution < 1.29 is 4.79 Å². The molecule has 0 aliphatic rings. The van der Waals surface area contributed by atoms with Gasteiger partial charge in [-0.25, -0.2) is 0 Å². The van der Waals surface area contributed by atoms with Gasteiger partial charge >= 0.3 is 0 Å². The molecule has 2 aromatic carbocycles. The second kappa shape index (κ2) is 6.79. The van der Waals surface area contributed by atoms with Gasteiger partial charge in [0.25, 0.3) is 0 Å². The number of amides is 1. The third kappa shape index (κ3) is 3.75. The Morgan fingerprint density at radius 2 is 1.71 bits per heavy atom. The van der Waals surface area contributed by atoms with Crippen molar-refractivity contribution >= 4 is 23.0 Å². The van der Waals surface area contributed by atoms with Crippen molar-refractivity contribution in [1.82, 2.24) is 0 Å². The van der Waals surface area contributed by atoms with Gasteiger partial charge in [0.15, 0.2) is 0 Å². The van der Waals surface area contributed by atoms with Crippen molar-refractivity contribution in [1.29, 1.82) is 0 Å². The van der Waals surface area contributed by atoms with Gasteiger partial charge < -0.3 is 16.0 Å². The summed E-state index contributed by atoms with van der Waals surface area (Å²) in [4.78, 5) is 14.3. The summed E-state index contributed by atoms with van der Waals surface area (Å²) in [6, 6.07) is 17.2. The number of nitrogens with zero attached hydrogens (tertiary/aromatic N) is 1. The number of nitrogens with two attached hydrogens (primary N) is 1. The van der Waals surface area contributed by atoms with Gasteiger partial charge in [-0.2, -0.15) is 0 Å². The van der Waals surface area contributed by atoms with Crippen LogP contribution < -0.4 is 16.0 Å². The number of nitrogens with one attached hydrogen (secondary N) is 1. The van der Waals surface area contributed by atoms with Crippen LogP contribution in [0.25, 0.3) is 0 Å². The summed E-state index contributed by atoms with van der Waals surface area (Å²) >= 11 is 0. The van der Waals surface area contributed by atoms with Crippen molar-refractivity contribution in [2.45, 2.75) is 19.9 Å². The van der Waals surface area contributed by atoms with E-state index in [2.05, 4.69) is 5.32 Å². The van der Waals surface area contributed by atoms with E-state index in [-0.39, 0.29) is 18.5 Å². The first-order valence-electron chi connectivity index (χ1n) is 7.05. The molecule has 0 unspecified atom stereocenters. The predicted octanol–water partition coefficient (Wildman–Crippen LogP) is 3.12. The van der Waals surface area contributed by atoms with Gasteiger partial charge in [0, 0.05) is 11.7 Å². The number of hydrogen-bond donors (Lipinski definition) is 2. The van der Waals surface area contributed by atoms with E-state index in [9.17, 15) is 4.79 Å². The maximum absolute atomic E-state index is 12.5. The van der Waals surface area contributed by atoms with Crippen molar-refractivity contribution in [3.63, 3.8) is 0 Å². The summed E-state index contributed by atoms with van der Waals surface area (Å²) in [6.45, 7) is 4.21. The van der Waals surface area contributed by atoms with Gasteiger partial charge in [-0.3, -0.25) is 4.79 Å². The molecule has 1 amide bonds. The molecule has 0 atom stereocenters. The van der Waals surface area contributed by atoms with Gasteiger partial charge in [-0.15, -0.1) is 0 Å². The molecule has 0 aliphatic carbocycles. The molecule has 0 bridgehead atoms. The van der Waals surface area contributed by atoms with E-state index in [1.54, 1.807) is 4.90 Å². The van der Waals surface area contributed by atoms with Crippen LogP contribution in [0.3, 0.4) is 0 Å². The lowest BCUT2D eigenvalue weighted by Crippen LogP contribution is -2.40. The second-order valence-electron chi connectivity index (χ2n) is 5.13. The minimum atomic E-state index is 0.0134. The molecule has 110 valence electrons. The number of rotatable bonds is 5. The fourth-order valence-corrected chi connectivity index (χ4v) is 2.23. The second-order valence-corrected chi connectivity index (χ2v) is 5.13. The molecule has 4 heteroatoms. The molecular formula is C17H21N3O. The largest absolute Gasteiger partial charge is 0.397 e. The molecule has 2 aromatic rings. The molecule has 0 heterocycles. The number of benzene rings is 2. The van der Waals surface area contributed by atoms with Crippen LogP contribution >= 0.6 is 0 Å². The zero-order valence-electron chi connectivity index (χ0n) is 12.4. The Morgan fingerprint density at radius 1 is 1.10 bits per heavy atom. The zero-order valence-corrected chi connectivity index (χ0v) is 12.4. The highest BCUT2D eigenvalue weighted by Crippen LogP contribution is 2.19. The van der Waals surface area contributed by atoms with Crippen LogP contribution in [-0.2, 0) is 4.79 Å². The third-order valence-corrected chi connectivity index (χ3v) is 3.21. The average molecular weight is 283 g/mol. The first-order chi connectivity index (χ1) is 10.1. The molecule has 4 nitrogen and oxygen atoms in total. The summed E-state index contributed by atoms with van der Waals surface area (Å²) in [5.74, 6) is 0.0134. The topological polar surface area (TPSA) is 58.4 Å². The fraction of sp³-hybridized carbons (Fsp3) is 0.235. The zero-order chi connectivity index (χ0) is 15.2. The Hall–Kier alpha value is -2.49. The first kappa shape index (κ1) is 14.9. The number of carbonyl (C=O) groups excluding carboxylic acids is 1. The minimum Gasteiger partial charge on any atom is -0.397 e. The average Bonchev–Trinajstić information content (AvgIpc) is 2.47. The standard InChI is InChI=1S/C17H21N3O/c1-13(2)20(14-8-4-3-5-9-14)17(21)12-19-16-11-7-6-10-15(16)18/h3-11,13,19H,12,18H2,1-2H3. The number of anilines is 3. The van der Waals surface area contributed by atoms with Gasteiger partial charge in [0.2, 0.25) is 5.91 Å². The lowest BCUT2D eigenvalue weighted by molar-refractivity contribution is -0.117. The lowest BCUT2D eigenvalue weighted by Gasteiger charge is -2.27. The Balaban J connectivity index is 2.08. The SMILES string of the molecule is CC(C)N(C(=O)CNc1ccccc1N)c1ccccc1. The quantitative estimate of drug-likeness (QED) is 0.829. The first-order valence-corrected chi connectivity index (χ1v) is 7.05. The van der Waals surface area contributed by atoms with E-state index < -0.39 is 0 Å². The Bertz CT molecular complexity index is 596. The van der Waals surface area contributed by atoms with Crippen LogP contribution in [-0.4, -0.2) is 18.5 Å². The van der Waals surface area contributed by atoms with E-state index in [0.29, 0.717) is 5.69 Å². The summed E-state index contributed by atoms with van der Waals surface area (Å²) in [5.41, 5.74) is 8.19. The highest BCUT2D eigenvalue weighted by molar-refractivity contribution is 5.96. The van der Waals surface area contributed by atoms with Crippen molar-refractivity contribution in [2.24, 2.45) is 0 Å². The molecular weight excluding hydrogens is 262 g/mol. The Labute approximate surface area is 125 Å². The lowest BCUT2D eigenvalue weighted by atomic mass is 10.2. The van der Waals surface area contributed by atoms with Gasteiger partial charge in [-0.05, 0) is 38.1 Å². The Morgan fingerprint density at radius 3 is 2.33 bits per heavy atom. The highest BCUT2D eigenvalue weighted by atomic mass is 16.2. The summed E-state index contributed by atoms with van der Waals surface area (Å²) in [7, 11) is 0. The van der Waals surface area contributed by atoms with E-state index in [0.717, 1.165) is 11.4 Å². The molecule has 3 N–H and O–H groups in total. The highest BCUT2D eigenvalue weighted by Gasteiger charge is 2.18. The number of para-hydroxylation sites is 3. The predicted molar refractivity (Wildman–Crippen MR) is 88.4 cm³/mol. The molecule has 0 radical (unpaired) electrons. The summed E-state index contributed by atoms with van der Waals surface area (Å²) < 4.78 is 0. The van der Waals surface area contributed by atoms with E-state index >= 15 is 0 Å². The molecule has 0 aromatic heterocycles. The molecule has 0 spiro atoms. The van der Waals surface area contributed by atoms with E-state index in [1.165, 1.54) is 0 Å². The van der Waals surface area contributed by atoms with Gasteiger partial charge in [-0.1, -0.05) is 30.3 Å². The normalized spacial score (nSPS) is 10.4.